The third kappa shape index (κ3) is 4.58. The van der Waals surface area contributed by atoms with Crippen LogP contribution in [-0.4, -0.2) is 11.0 Å². The highest BCUT2D eigenvalue weighted by Crippen LogP contribution is 2.38. The van der Waals surface area contributed by atoms with E-state index in [2.05, 4.69) is 90.8 Å². The van der Waals surface area contributed by atoms with Gasteiger partial charge >= 0.3 is 5.97 Å². The molecule has 0 fully saturated rings. The largest absolute Gasteiger partial charge is 0.460 e. The first-order valence-corrected chi connectivity index (χ1v) is 12.1. The van der Waals surface area contributed by atoms with Gasteiger partial charge in [-0.1, -0.05) is 45.0 Å². The molecular formula is C26H30INO2. The van der Waals surface area contributed by atoms with Crippen LogP contribution < -0.4 is 0 Å². The van der Waals surface area contributed by atoms with E-state index in [0.29, 0.717) is 18.4 Å². The SMILES string of the molecule is CC(C)CC(C)c1ccc(COC(=O)C2CCCc3[nH]c4ccc(I)cc4c32)cc1. The molecule has 4 rings (SSSR count). The first kappa shape index (κ1) is 21.4. The van der Waals surface area contributed by atoms with E-state index in [1.165, 1.54) is 26.6 Å². The van der Waals surface area contributed by atoms with Crippen molar-refractivity contribution in [3.8, 4) is 0 Å². The van der Waals surface area contributed by atoms with Crippen molar-refractivity contribution >= 4 is 39.5 Å². The Kier molecular flexibility index (Phi) is 6.51. The van der Waals surface area contributed by atoms with E-state index in [1.807, 2.05) is 0 Å². The average Bonchev–Trinajstić information content (AvgIpc) is 3.09. The zero-order valence-electron chi connectivity index (χ0n) is 18.0. The average molecular weight is 515 g/mol. The third-order valence-electron chi connectivity index (χ3n) is 6.19. The Hall–Kier alpha value is -1.82. The Morgan fingerprint density at radius 2 is 1.93 bits per heavy atom. The van der Waals surface area contributed by atoms with Crippen molar-refractivity contribution in [3.63, 3.8) is 0 Å². The number of aryl methyl sites for hydroxylation is 1. The van der Waals surface area contributed by atoms with Crippen molar-refractivity contribution < 1.29 is 9.53 Å². The zero-order chi connectivity index (χ0) is 21.3. The Balaban J connectivity index is 1.46. The number of nitrogens with one attached hydrogen (secondary N) is 1. The normalized spacial score (nSPS) is 17.2. The van der Waals surface area contributed by atoms with Crippen molar-refractivity contribution in [1.82, 2.24) is 4.98 Å². The van der Waals surface area contributed by atoms with Gasteiger partial charge in [-0.3, -0.25) is 4.79 Å². The molecular weight excluding hydrogens is 485 g/mol. The monoisotopic (exact) mass is 515 g/mol. The van der Waals surface area contributed by atoms with Crippen LogP contribution in [0.2, 0.25) is 0 Å². The fraction of sp³-hybridized carbons (Fsp3) is 0.423. The van der Waals surface area contributed by atoms with Gasteiger partial charge in [0.05, 0.1) is 5.92 Å². The molecule has 3 nitrogen and oxygen atoms in total. The molecule has 3 aromatic rings. The lowest BCUT2D eigenvalue weighted by Crippen LogP contribution is -2.20. The zero-order valence-corrected chi connectivity index (χ0v) is 20.2. The van der Waals surface area contributed by atoms with E-state index in [1.54, 1.807) is 0 Å². The number of benzene rings is 2. The lowest BCUT2D eigenvalue weighted by atomic mass is 9.85. The van der Waals surface area contributed by atoms with Gasteiger partial charge in [0, 0.05) is 20.2 Å². The first-order valence-electron chi connectivity index (χ1n) is 11.0. The van der Waals surface area contributed by atoms with Gasteiger partial charge in [0.15, 0.2) is 0 Å². The molecule has 1 heterocycles. The van der Waals surface area contributed by atoms with Crippen molar-refractivity contribution in [2.75, 3.05) is 0 Å². The van der Waals surface area contributed by atoms with Crippen LogP contribution in [0.3, 0.4) is 0 Å². The van der Waals surface area contributed by atoms with E-state index in [0.717, 1.165) is 35.9 Å². The van der Waals surface area contributed by atoms with Crippen molar-refractivity contribution in [2.24, 2.45) is 5.92 Å². The van der Waals surface area contributed by atoms with Gasteiger partial charge in [0.1, 0.15) is 6.61 Å². The highest BCUT2D eigenvalue weighted by atomic mass is 127. The van der Waals surface area contributed by atoms with Crippen LogP contribution in [0, 0.1) is 9.49 Å². The lowest BCUT2D eigenvalue weighted by Gasteiger charge is -2.22. The molecule has 2 aromatic carbocycles. The number of aromatic nitrogens is 1. The number of fused-ring (bicyclic) bond motifs is 3. The Labute approximate surface area is 192 Å². The summed E-state index contributed by atoms with van der Waals surface area (Å²) in [6.45, 7) is 7.13. The molecule has 1 aromatic heterocycles. The molecule has 0 radical (unpaired) electrons. The van der Waals surface area contributed by atoms with Crippen LogP contribution in [-0.2, 0) is 22.6 Å². The molecule has 1 N–H and O–H groups in total. The number of carbonyl (C=O) groups is 1. The summed E-state index contributed by atoms with van der Waals surface area (Å²) in [7, 11) is 0. The number of halogens is 1. The topological polar surface area (TPSA) is 42.1 Å². The molecule has 4 heteroatoms. The highest BCUT2D eigenvalue weighted by Gasteiger charge is 2.31. The van der Waals surface area contributed by atoms with E-state index < -0.39 is 0 Å². The minimum absolute atomic E-state index is 0.104. The summed E-state index contributed by atoms with van der Waals surface area (Å²) in [5, 5.41) is 1.17. The molecule has 0 saturated carbocycles. The fourth-order valence-electron chi connectivity index (χ4n) is 4.74. The summed E-state index contributed by atoms with van der Waals surface area (Å²) < 4.78 is 6.97. The quantitative estimate of drug-likeness (QED) is 0.282. The predicted octanol–water partition coefficient (Wildman–Crippen LogP) is 7.09. The van der Waals surface area contributed by atoms with E-state index in [4.69, 9.17) is 4.74 Å². The van der Waals surface area contributed by atoms with Crippen LogP contribution in [0.15, 0.2) is 42.5 Å². The van der Waals surface area contributed by atoms with Gasteiger partial charge in [0.25, 0.3) is 0 Å². The number of H-pyrrole nitrogens is 1. The summed E-state index contributed by atoms with van der Waals surface area (Å²) in [5.74, 6) is 0.958. The minimum atomic E-state index is -0.175. The van der Waals surface area contributed by atoms with Gasteiger partial charge < -0.3 is 9.72 Å². The molecule has 0 saturated heterocycles. The maximum absolute atomic E-state index is 13.0. The number of ether oxygens (including phenoxy) is 1. The number of esters is 1. The van der Waals surface area contributed by atoms with Gasteiger partial charge in [-0.15, -0.1) is 0 Å². The minimum Gasteiger partial charge on any atom is -0.460 e. The Morgan fingerprint density at radius 3 is 2.67 bits per heavy atom. The second-order valence-corrected chi connectivity index (χ2v) is 10.3. The predicted molar refractivity (Wildman–Crippen MR) is 131 cm³/mol. The first-order chi connectivity index (χ1) is 14.4. The molecule has 0 aliphatic heterocycles. The summed E-state index contributed by atoms with van der Waals surface area (Å²) in [4.78, 5) is 16.5. The molecule has 0 bridgehead atoms. The van der Waals surface area contributed by atoms with E-state index >= 15 is 0 Å². The van der Waals surface area contributed by atoms with Gasteiger partial charge in [-0.2, -0.15) is 0 Å². The maximum atomic E-state index is 13.0. The fourth-order valence-corrected chi connectivity index (χ4v) is 5.23. The molecule has 158 valence electrons. The van der Waals surface area contributed by atoms with E-state index in [-0.39, 0.29) is 11.9 Å². The third-order valence-corrected chi connectivity index (χ3v) is 6.86. The highest BCUT2D eigenvalue weighted by molar-refractivity contribution is 14.1. The van der Waals surface area contributed by atoms with Crippen molar-refractivity contribution in [1.29, 1.82) is 0 Å². The molecule has 1 aliphatic rings. The lowest BCUT2D eigenvalue weighted by molar-refractivity contribution is -0.147. The van der Waals surface area contributed by atoms with Crippen LogP contribution in [0.1, 0.15) is 74.3 Å². The van der Waals surface area contributed by atoms with Crippen molar-refractivity contribution in [3.05, 3.63) is 68.4 Å². The van der Waals surface area contributed by atoms with Crippen LogP contribution in [0.4, 0.5) is 0 Å². The number of carbonyl (C=O) groups excluding carboxylic acids is 1. The number of hydrogen-bond acceptors (Lipinski definition) is 2. The number of aromatic amines is 1. The Bertz CT molecular complexity index is 1040. The number of hydrogen-bond donors (Lipinski definition) is 1. The molecule has 1 aliphatic carbocycles. The van der Waals surface area contributed by atoms with Gasteiger partial charge in [0.2, 0.25) is 0 Å². The maximum Gasteiger partial charge on any atom is 0.313 e. The second kappa shape index (κ2) is 9.13. The van der Waals surface area contributed by atoms with Crippen molar-refractivity contribution in [2.45, 2.75) is 64.9 Å². The molecule has 2 atom stereocenters. The van der Waals surface area contributed by atoms with Crippen LogP contribution >= 0.6 is 22.6 Å². The standard InChI is InChI=1S/C26H30INO2/c1-16(2)13-17(3)19-9-7-18(8-10-19)15-30-26(29)21-5-4-6-24-25(21)22-14-20(27)11-12-23(22)28-24/h7-12,14,16-17,21,28H,4-6,13,15H2,1-3H3. The van der Waals surface area contributed by atoms with Crippen LogP contribution in [0.25, 0.3) is 10.9 Å². The summed E-state index contributed by atoms with van der Waals surface area (Å²) in [6.07, 6.45) is 4.05. The Morgan fingerprint density at radius 1 is 1.17 bits per heavy atom. The molecule has 2 unspecified atom stereocenters. The van der Waals surface area contributed by atoms with Gasteiger partial charge in [-0.25, -0.2) is 0 Å². The summed E-state index contributed by atoms with van der Waals surface area (Å²) in [6, 6.07) is 14.9. The molecule has 0 spiro atoms. The van der Waals surface area contributed by atoms with Crippen LogP contribution in [0.5, 0.6) is 0 Å². The number of rotatable bonds is 6. The van der Waals surface area contributed by atoms with Gasteiger partial charge in [-0.05, 0) is 95.0 Å². The molecule has 0 amide bonds. The summed E-state index contributed by atoms with van der Waals surface area (Å²) in [5.41, 5.74) is 5.87. The smallest absolute Gasteiger partial charge is 0.313 e. The summed E-state index contributed by atoms with van der Waals surface area (Å²) >= 11 is 2.33. The van der Waals surface area contributed by atoms with E-state index in [9.17, 15) is 4.79 Å². The second-order valence-electron chi connectivity index (χ2n) is 9.03. The molecule has 30 heavy (non-hydrogen) atoms.